The van der Waals surface area contributed by atoms with Crippen LogP contribution in [0.15, 0.2) is 12.7 Å². The lowest BCUT2D eigenvalue weighted by Crippen LogP contribution is -2.08. The molecule has 0 saturated carbocycles. The van der Waals surface area contributed by atoms with Crippen molar-refractivity contribution in [2.24, 2.45) is 0 Å². The molecular formula is C5H5N3. The molecule has 0 amide bonds. The highest BCUT2D eigenvalue weighted by molar-refractivity contribution is 4.90. The second kappa shape index (κ2) is 3.70. The first-order chi connectivity index (χ1) is 3.85. The molecule has 8 heavy (non-hydrogen) atoms. The SMILES string of the molecule is C=CCN(C#N)C#N. The van der Waals surface area contributed by atoms with E-state index in [9.17, 15) is 0 Å². The van der Waals surface area contributed by atoms with Crippen LogP contribution < -0.4 is 0 Å². The van der Waals surface area contributed by atoms with Crippen LogP contribution in [0.5, 0.6) is 0 Å². The lowest BCUT2D eigenvalue weighted by molar-refractivity contribution is 0.608. The minimum absolute atomic E-state index is 0.299. The van der Waals surface area contributed by atoms with Gasteiger partial charge in [-0.1, -0.05) is 6.08 Å². The van der Waals surface area contributed by atoms with E-state index in [4.69, 9.17) is 10.5 Å². The number of nitrogens with zero attached hydrogens (tertiary/aromatic N) is 3. The van der Waals surface area contributed by atoms with Crippen LogP contribution in [0.1, 0.15) is 0 Å². The fourth-order valence-electron chi connectivity index (χ4n) is 0.233. The Morgan fingerprint density at radius 2 is 2.00 bits per heavy atom. The molecular weight excluding hydrogens is 102 g/mol. The zero-order chi connectivity index (χ0) is 6.41. The Balaban J connectivity index is 3.62. The van der Waals surface area contributed by atoms with Crippen LogP contribution in [0.4, 0.5) is 0 Å². The summed E-state index contributed by atoms with van der Waals surface area (Å²) in [5.41, 5.74) is 0. The number of hydrogen-bond donors (Lipinski definition) is 0. The van der Waals surface area contributed by atoms with Gasteiger partial charge in [0.15, 0.2) is 12.4 Å². The Bertz CT molecular complexity index is 134. The molecule has 0 aromatic rings. The minimum atomic E-state index is 0.299. The van der Waals surface area contributed by atoms with Crippen molar-refractivity contribution in [2.75, 3.05) is 6.54 Å². The topological polar surface area (TPSA) is 50.8 Å². The number of rotatable bonds is 2. The molecule has 0 aliphatic carbocycles. The van der Waals surface area contributed by atoms with Crippen molar-refractivity contribution in [1.82, 2.24) is 4.90 Å². The van der Waals surface area contributed by atoms with Gasteiger partial charge in [-0.3, -0.25) is 0 Å². The van der Waals surface area contributed by atoms with Crippen molar-refractivity contribution < 1.29 is 0 Å². The molecule has 0 spiro atoms. The lowest BCUT2D eigenvalue weighted by Gasteiger charge is -1.95. The van der Waals surface area contributed by atoms with Crippen LogP contribution in [0.3, 0.4) is 0 Å². The third-order valence-corrected chi connectivity index (χ3v) is 0.553. The third-order valence-electron chi connectivity index (χ3n) is 0.553. The molecule has 0 aromatic carbocycles. The summed E-state index contributed by atoms with van der Waals surface area (Å²) in [6.45, 7) is 3.65. The summed E-state index contributed by atoms with van der Waals surface area (Å²) in [5, 5.41) is 16.1. The predicted molar refractivity (Wildman–Crippen MR) is 28.1 cm³/mol. The molecule has 3 heteroatoms. The summed E-state index contributed by atoms with van der Waals surface area (Å²) in [4.78, 5) is 0.924. The normalized spacial score (nSPS) is 6.25. The first-order valence-corrected chi connectivity index (χ1v) is 2.03. The van der Waals surface area contributed by atoms with Crippen LogP contribution in [-0.4, -0.2) is 11.4 Å². The molecule has 3 nitrogen and oxygen atoms in total. The highest BCUT2D eigenvalue weighted by Crippen LogP contribution is 1.78. The lowest BCUT2D eigenvalue weighted by atomic mass is 10.6. The van der Waals surface area contributed by atoms with E-state index < -0.39 is 0 Å². The predicted octanol–water partition coefficient (Wildman–Crippen LogP) is 0.437. The van der Waals surface area contributed by atoms with Crippen molar-refractivity contribution >= 4 is 0 Å². The molecule has 0 fully saturated rings. The second-order valence-electron chi connectivity index (χ2n) is 1.10. The number of hydrogen-bond acceptors (Lipinski definition) is 3. The highest BCUT2D eigenvalue weighted by atomic mass is 15.1. The maximum atomic E-state index is 8.06. The van der Waals surface area contributed by atoms with Gasteiger partial charge in [0.2, 0.25) is 0 Å². The van der Waals surface area contributed by atoms with Crippen molar-refractivity contribution in [3.63, 3.8) is 0 Å². The largest absolute Gasteiger partial charge is 0.212 e. The van der Waals surface area contributed by atoms with Gasteiger partial charge in [-0.15, -0.1) is 6.58 Å². The average Bonchev–Trinajstić information content (AvgIpc) is 1.83. The van der Waals surface area contributed by atoms with Gasteiger partial charge in [0.05, 0.1) is 6.54 Å². The Morgan fingerprint density at radius 3 is 2.12 bits per heavy atom. The standard InChI is InChI=1S/C5H5N3/c1-2-3-8(4-6)5-7/h2H,1,3H2. The van der Waals surface area contributed by atoms with E-state index in [1.54, 1.807) is 12.4 Å². The van der Waals surface area contributed by atoms with Crippen molar-refractivity contribution in [3.05, 3.63) is 12.7 Å². The van der Waals surface area contributed by atoms with E-state index >= 15 is 0 Å². The van der Waals surface area contributed by atoms with Gasteiger partial charge in [-0.05, 0) is 0 Å². The highest BCUT2D eigenvalue weighted by Gasteiger charge is 1.90. The van der Waals surface area contributed by atoms with Crippen molar-refractivity contribution in [2.45, 2.75) is 0 Å². The average molecular weight is 107 g/mol. The minimum Gasteiger partial charge on any atom is -0.212 e. The Morgan fingerprint density at radius 1 is 1.50 bits per heavy atom. The molecule has 40 valence electrons. The van der Waals surface area contributed by atoms with E-state index in [2.05, 4.69) is 6.58 Å². The van der Waals surface area contributed by atoms with Gasteiger partial charge in [-0.25, -0.2) is 4.90 Å². The zero-order valence-corrected chi connectivity index (χ0v) is 4.33. The molecule has 0 rings (SSSR count). The monoisotopic (exact) mass is 107 g/mol. The molecule has 0 heterocycles. The summed E-state index contributed by atoms with van der Waals surface area (Å²) in [6.07, 6.45) is 4.80. The van der Waals surface area contributed by atoms with Gasteiger partial charge >= 0.3 is 0 Å². The van der Waals surface area contributed by atoms with E-state index in [1.807, 2.05) is 0 Å². The van der Waals surface area contributed by atoms with Crippen LogP contribution in [-0.2, 0) is 0 Å². The Labute approximate surface area is 48.1 Å². The van der Waals surface area contributed by atoms with E-state index in [0.29, 0.717) is 6.54 Å². The van der Waals surface area contributed by atoms with Gasteiger partial charge in [-0.2, -0.15) is 10.5 Å². The van der Waals surface area contributed by atoms with Gasteiger partial charge in [0.25, 0.3) is 0 Å². The smallest absolute Gasteiger partial charge is 0.194 e. The van der Waals surface area contributed by atoms with Crippen molar-refractivity contribution in [1.29, 1.82) is 10.5 Å². The molecule has 0 radical (unpaired) electrons. The first kappa shape index (κ1) is 6.52. The summed E-state index contributed by atoms with van der Waals surface area (Å²) < 4.78 is 0. The van der Waals surface area contributed by atoms with Crippen LogP contribution >= 0.6 is 0 Å². The molecule has 0 aliphatic rings. The Kier molecular flexibility index (Phi) is 3.02. The molecule has 0 bridgehead atoms. The van der Waals surface area contributed by atoms with Crippen LogP contribution in [0, 0.1) is 22.9 Å². The molecule has 0 aliphatic heterocycles. The summed E-state index contributed by atoms with van der Waals surface area (Å²) in [7, 11) is 0. The molecule has 0 saturated heterocycles. The summed E-state index contributed by atoms with van der Waals surface area (Å²) in [5.74, 6) is 0. The molecule has 0 atom stereocenters. The van der Waals surface area contributed by atoms with Gasteiger partial charge < -0.3 is 0 Å². The quantitative estimate of drug-likeness (QED) is 0.292. The maximum absolute atomic E-state index is 8.06. The van der Waals surface area contributed by atoms with E-state index in [-0.39, 0.29) is 0 Å². The van der Waals surface area contributed by atoms with Gasteiger partial charge in [0, 0.05) is 0 Å². The van der Waals surface area contributed by atoms with Crippen LogP contribution in [0.2, 0.25) is 0 Å². The second-order valence-corrected chi connectivity index (χ2v) is 1.10. The number of nitriles is 2. The van der Waals surface area contributed by atoms with Gasteiger partial charge in [0.1, 0.15) is 0 Å². The maximum Gasteiger partial charge on any atom is 0.194 e. The Hall–Kier alpha value is -1.48. The van der Waals surface area contributed by atoms with E-state index in [1.165, 1.54) is 6.08 Å². The fraction of sp³-hybridized carbons (Fsp3) is 0.200. The molecule has 0 unspecified atom stereocenters. The van der Waals surface area contributed by atoms with Crippen LogP contribution in [0.25, 0.3) is 0 Å². The zero-order valence-electron chi connectivity index (χ0n) is 4.33. The summed E-state index contributed by atoms with van der Waals surface area (Å²) in [6, 6.07) is 0. The molecule has 0 N–H and O–H groups in total. The van der Waals surface area contributed by atoms with E-state index in [0.717, 1.165) is 4.90 Å². The first-order valence-electron chi connectivity index (χ1n) is 2.03. The van der Waals surface area contributed by atoms with Crippen molar-refractivity contribution in [3.8, 4) is 12.4 Å². The molecule has 0 aromatic heterocycles. The summed E-state index contributed by atoms with van der Waals surface area (Å²) >= 11 is 0. The third kappa shape index (κ3) is 1.84. The fourth-order valence-corrected chi connectivity index (χ4v) is 0.233.